The highest BCUT2D eigenvalue weighted by atomic mass is 16.7. The van der Waals surface area contributed by atoms with Crippen LogP contribution < -0.4 is 0 Å². The molecule has 1 unspecified atom stereocenters. The molecule has 4 rings (SSSR count). The van der Waals surface area contributed by atoms with Crippen LogP contribution in [0.1, 0.15) is 73.1 Å². The van der Waals surface area contributed by atoms with E-state index in [1.54, 1.807) is 0 Å². The minimum Gasteiger partial charge on any atom is -0.363 e. The van der Waals surface area contributed by atoms with Crippen LogP contribution in [-0.4, -0.2) is 72.0 Å². The van der Waals surface area contributed by atoms with Crippen LogP contribution in [-0.2, 0) is 9.47 Å². The van der Waals surface area contributed by atoms with Crippen LogP contribution in [0.15, 0.2) is 11.6 Å². The SMILES string of the molecule is CCN(CC)CCC1CN(C2CCC3(CC2)OC3[C@]2(C)O[C@@H]2CC=C(C)C)C1. The largest absolute Gasteiger partial charge is 0.363 e. The van der Waals surface area contributed by atoms with Crippen molar-refractivity contribution in [2.75, 3.05) is 32.7 Å². The van der Waals surface area contributed by atoms with E-state index in [1.807, 2.05) is 0 Å². The predicted octanol–water partition coefficient (Wildman–Crippen LogP) is 4.24. The normalized spacial score (nSPS) is 40.6. The topological polar surface area (TPSA) is 31.5 Å². The van der Waals surface area contributed by atoms with Crippen molar-refractivity contribution in [3.63, 3.8) is 0 Å². The van der Waals surface area contributed by atoms with Crippen molar-refractivity contribution in [2.24, 2.45) is 5.92 Å². The molecule has 3 atom stereocenters. The Hall–Kier alpha value is -0.420. The summed E-state index contributed by atoms with van der Waals surface area (Å²) < 4.78 is 12.4. The number of epoxide rings is 2. The lowest BCUT2D eigenvalue weighted by atomic mass is 9.78. The van der Waals surface area contributed by atoms with Crippen molar-refractivity contribution in [1.82, 2.24) is 9.80 Å². The average Bonchev–Trinajstić information content (AvgIpc) is 3.53. The first kappa shape index (κ1) is 20.8. The van der Waals surface area contributed by atoms with E-state index in [2.05, 4.69) is 50.5 Å². The van der Waals surface area contributed by atoms with Crippen molar-refractivity contribution < 1.29 is 9.47 Å². The fraction of sp³-hybridized carbons (Fsp3) is 0.917. The van der Waals surface area contributed by atoms with Gasteiger partial charge in [-0.25, -0.2) is 0 Å². The summed E-state index contributed by atoms with van der Waals surface area (Å²) in [5.41, 5.74) is 1.51. The maximum atomic E-state index is 6.33. The molecule has 0 aromatic heterocycles. The molecule has 160 valence electrons. The summed E-state index contributed by atoms with van der Waals surface area (Å²) in [6.07, 6.45) is 10.5. The van der Waals surface area contributed by atoms with E-state index in [-0.39, 0.29) is 11.2 Å². The number of hydrogen-bond donors (Lipinski definition) is 0. The second kappa shape index (κ2) is 8.02. The fourth-order valence-corrected chi connectivity index (χ4v) is 5.80. The van der Waals surface area contributed by atoms with Gasteiger partial charge in [0.25, 0.3) is 0 Å². The third-order valence-corrected chi connectivity index (χ3v) is 8.06. The predicted molar refractivity (Wildman–Crippen MR) is 115 cm³/mol. The Labute approximate surface area is 172 Å². The van der Waals surface area contributed by atoms with E-state index in [9.17, 15) is 0 Å². The van der Waals surface area contributed by atoms with Gasteiger partial charge in [-0.05, 0) is 84.8 Å². The van der Waals surface area contributed by atoms with Crippen LogP contribution in [0, 0.1) is 5.92 Å². The standard InChI is InChI=1S/C24H42N2O2/c1-6-25(7-2)15-12-19-16-26(17-19)20-10-13-24(14-11-20)22(28-24)23(5)21(27-23)9-8-18(3)4/h8,19-22H,6-7,9-17H2,1-5H3/t20?,21-,22?,23-,24?/m1/s1. The molecule has 0 amide bonds. The maximum absolute atomic E-state index is 6.33. The molecule has 4 aliphatic rings. The smallest absolute Gasteiger partial charge is 0.121 e. The van der Waals surface area contributed by atoms with Gasteiger partial charge in [0, 0.05) is 19.1 Å². The Balaban J connectivity index is 1.16. The molecule has 0 bridgehead atoms. The molecule has 1 spiro atoms. The van der Waals surface area contributed by atoms with Crippen LogP contribution in [0.4, 0.5) is 0 Å². The summed E-state index contributed by atoms with van der Waals surface area (Å²) >= 11 is 0. The first-order valence-corrected chi connectivity index (χ1v) is 11.9. The van der Waals surface area contributed by atoms with Gasteiger partial charge < -0.3 is 14.4 Å². The van der Waals surface area contributed by atoms with Gasteiger partial charge >= 0.3 is 0 Å². The molecule has 1 aliphatic carbocycles. The molecule has 4 nitrogen and oxygen atoms in total. The highest BCUT2D eigenvalue weighted by Crippen LogP contribution is 2.60. The van der Waals surface area contributed by atoms with Crippen LogP contribution in [0.3, 0.4) is 0 Å². The molecular formula is C24H42N2O2. The van der Waals surface area contributed by atoms with E-state index in [4.69, 9.17) is 9.47 Å². The van der Waals surface area contributed by atoms with Gasteiger partial charge in [-0.1, -0.05) is 25.5 Å². The molecule has 3 heterocycles. The van der Waals surface area contributed by atoms with Crippen LogP contribution in [0.5, 0.6) is 0 Å². The third-order valence-electron chi connectivity index (χ3n) is 8.06. The van der Waals surface area contributed by atoms with E-state index in [1.165, 1.54) is 70.4 Å². The van der Waals surface area contributed by atoms with Crippen LogP contribution in [0.25, 0.3) is 0 Å². The Kier molecular flexibility index (Phi) is 5.97. The molecule has 3 aliphatic heterocycles. The molecule has 0 aromatic rings. The second-order valence-corrected chi connectivity index (χ2v) is 10.2. The van der Waals surface area contributed by atoms with E-state index >= 15 is 0 Å². The monoisotopic (exact) mass is 390 g/mol. The molecule has 0 aromatic carbocycles. The van der Waals surface area contributed by atoms with Gasteiger partial charge in [0.1, 0.15) is 11.7 Å². The lowest BCUT2D eigenvalue weighted by Gasteiger charge is -2.47. The van der Waals surface area contributed by atoms with E-state index in [0.29, 0.717) is 12.2 Å². The number of rotatable bonds is 9. The van der Waals surface area contributed by atoms with Crippen LogP contribution in [0.2, 0.25) is 0 Å². The first-order chi connectivity index (χ1) is 13.4. The number of hydrogen-bond acceptors (Lipinski definition) is 4. The van der Waals surface area contributed by atoms with E-state index in [0.717, 1.165) is 18.4 Å². The molecular weight excluding hydrogens is 348 g/mol. The highest BCUT2D eigenvalue weighted by molar-refractivity contribution is 5.22. The van der Waals surface area contributed by atoms with Gasteiger partial charge in [0.2, 0.25) is 0 Å². The van der Waals surface area contributed by atoms with Gasteiger partial charge in [0.15, 0.2) is 0 Å². The summed E-state index contributed by atoms with van der Waals surface area (Å²) in [5.74, 6) is 0.927. The van der Waals surface area contributed by atoms with Crippen molar-refractivity contribution >= 4 is 0 Å². The molecule has 3 saturated heterocycles. The lowest BCUT2D eigenvalue weighted by Crippen LogP contribution is -2.54. The summed E-state index contributed by atoms with van der Waals surface area (Å²) in [4.78, 5) is 5.31. The quantitative estimate of drug-likeness (QED) is 0.435. The third kappa shape index (κ3) is 4.08. The lowest BCUT2D eigenvalue weighted by molar-refractivity contribution is 0.0162. The van der Waals surface area contributed by atoms with Crippen molar-refractivity contribution in [1.29, 1.82) is 0 Å². The molecule has 28 heavy (non-hydrogen) atoms. The van der Waals surface area contributed by atoms with Gasteiger partial charge in [-0.3, -0.25) is 4.90 Å². The second-order valence-electron chi connectivity index (χ2n) is 10.2. The Bertz CT molecular complexity index is 569. The number of likely N-dealkylation sites (tertiary alicyclic amines) is 1. The zero-order valence-corrected chi connectivity index (χ0v) is 18.9. The van der Waals surface area contributed by atoms with E-state index < -0.39 is 0 Å². The zero-order valence-electron chi connectivity index (χ0n) is 18.9. The Morgan fingerprint density at radius 1 is 1.11 bits per heavy atom. The maximum Gasteiger partial charge on any atom is 0.121 e. The molecule has 4 heteroatoms. The van der Waals surface area contributed by atoms with Crippen molar-refractivity contribution in [3.8, 4) is 0 Å². The minimum atomic E-state index is -0.0228. The molecule has 0 N–H and O–H groups in total. The summed E-state index contributed by atoms with van der Waals surface area (Å²) in [5, 5.41) is 0. The first-order valence-electron chi connectivity index (χ1n) is 11.9. The van der Waals surface area contributed by atoms with Crippen molar-refractivity contribution in [3.05, 3.63) is 11.6 Å². The fourth-order valence-electron chi connectivity index (χ4n) is 5.80. The van der Waals surface area contributed by atoms with Crippen LogP contribution >= 0.6 is 0 Å². The van der Waals surface area contributed by atoms with Gasteiger partial charge in [0.05, 0.1) is 11.7 Å². The number of ether oxygens (including phenoxy) is 2. The summed E-state index contributed by atoms with van der Waals surface area (Å²) in [7, 11) is 0. The number of nitrogens with zero attached hydrogens (tertiary/aromatic N) is 2. The summed E-state index contributed by atoms with van der Waals surface area (Å²) in [6.45, 7) is 17.5. The van der Waals surface area contributed by atoms with Gasteiger partial charge in [-0.2, -0.15) is 0 Å². The zero-order chi connectivity index (χ0) is 19.9. The number of allylic oxidation sites excluding steroid dienone is 1. The minimum absolute atomic E-state index is 0.0228. The molecule has 0 radical (unpaired) electrons. The molecule has 4 fully saturated rings. The Morgan fingerprint density at radius 2 is 1.79 bits per heavy atom. The molecule has 1 saturated carbocycles. The average molecular weight is 391 g/mol. The van der Waals surface area contributed by atoms with Crippen molar-refractivity contribution in [2.45, 2.75) is 103 Å². The highest BCUT2D eigenvalue weighted by Gasteiger charge is 2.73. The summed E-state index contributed by atoms with van der Waals surface area (Å²) in [6, 6.07) is 0.801. The Morgan fingerprint density at radius 3 is 2.39 bits per heavy atom. The van der Waals surface area contributed by atoms with Gasteiger partial charge in [-0.15, -0.1) is 0 Å².